The largest absolute Gasteiger partial charge is 0.393 e. The summed E-state index contributed by atoms with van der Waals surface area (Å²) in [7, 11) is 0. The zero-order chi connectivity index (χ0) is 11.3. The molecule has 0 saturated carbocycles. The predicted molar refractivity (Wildman–Crippen MR) is 67.4 cm³/mol. The van der Waals surface area contributed by atoms with E-state index in [9.17, 15) is 4.79 Å². The number of rotatable bonds is 5. The Morgan fingerprint density at radius 3 is 2.93 bits per heavy atom. The van der Waals surface area contributed by atoms with Crippen LogP contribution < -0.4 is 11.1 Å². The normalized spacial score (nSPS) is 9.93. The summed E-state index contributed by atoms with van der Waals surface area (Å²) in [4.78, 5) is 12.9. The SMILES string of the molecule is Cc1ccsc1C(=O)NCCCC(N)=S. The van der Waals surface area contributed by atoms with E-state index in [0.717, 1.165) is 16.9 Å². The van der Waals surface area contributed by atoms with Crippen LogP contribution in [0.2, 0.25) is 0 Å². The molecular formula is C10H14N2OS2. The molecule has 0 aromatic carbocycles. The molecule has 1 amide bonds. The number of carbonyl (C=O) groups is 1. The van der Waals surface area contributed by atoms with Gasteiger partial charge in [-0.15, -0.1) is 11.3 Å². The number of amides is 1. The smallest absolute Gasteiger partial charge is 0.261 e. The van der Waals surface area contributed by atoms with Crippen molar-refractivity contribution in [3.8, 4) is 0 Å². The standard InChI is InChI=1S/C10H14N2OS2/c1-7-4-6-15-9(7)10(13)12-5-2-3-8(11)14/h4,6H,2-3,5H2,1H3,(H2,11,14)(H,12,13). The highest BCUT2D eigenvalue weighted by molar-refractivity contribution is 7.80. The van der Waals surface area contributed by atoms with Crippen molar-refractivity contribution >= 4 is 34.5 Å². The molecule has 0 aliphatic rings. The van der Waals surface area contributed by atoms with Gasteiger partial charge in [0.05, 0.1) is 9.87 Å². The van der Waals surface area contributed by atoms with Crippen LogP contribution in [-0.2, 0) is 0 Å². The van der Waals surface area contributed by atoms with Crippen molar-refractivity contribution in [3.05, 3.63) is 21.9 Å². The summed E-state index contributed by atoms with van der Waals surface area (Å²) in [6.45, 7) is 2.55. The van der Waals surface area contributed by atoms with E-state index in [4.69, 9.17) is 18.0 Å². The summed E-state index contributed by atoms with van der Waals surface area (Å²) in [6, 6.07) is 1.94. The van der Waals surface area contributed by atoms with Crippen molar-refractivity contribution in [2.24, 2.45) is 5.73 Å². The molecule has 1 aromatic heterocycles. The van der Waals surface area contributed by atoms with Crippen LogP contribution in [0.25, 0.3) is 0 Å². The second-order valence-corrected chi connectivity index (χ2v) is 4.70. The van der Waals surface area contributed by atoms with Crippen molar-refractivity contribution in [3.63, 3.8) is 0 Å². The highest BCUT2D eigenvalue weighted by Gasteiger charge is 2.08. The molecule has 0 aliphatic carbocycles. The first-order valence-electron chi connectivity index (χ1n) is 4.72. The monoisotopic (exact) mass is 242 g/mol. The van der Waals surface area contributed by atoms with E-state index in [0.29, 0.717) is 18.0 Å². The van der Waals surface area contributed by atoms with Gasteiger partial charge in [-0.2, -0.15) is 0 Å². The van der Waals surface area contributed by atoms with Gasteiger partial charge in [-0.3, -0.25) is 4.79 Å². The zero-order valence-corrected chi connectivity index (χ0v) is 10.2. The number of thiophene rings is 1. The molecule has 0 radical (unpaired) electrons. The second kappa shape index (κ2) is 5.82. The molecule has 1 rings (SSSR count). The van der Waals surface area contributed by atoms with Crippen molar-refractivity contribution in [1.82, 2.24) is 5.32 Å². The molecule has 1 aromatic rings. The van der Waals surface area contributed by atoms with E-state index in [-0.39, 0.29) is 5.91 Å². The number of aryl methyl sites for hydroxylation is 1. The lowest BCUT2D eigenvalue weighted by molar-refractivity contribution is 0.0957. The fraction of sp³-hybridized carbons (Fsp3) is 0.400. The number of thiocarbonyl (C=S) groups is 1. The summed E-state index contributed by atoms with van der Waals surface area (Å²) in [5.41, 5.74) is 6.37. The first-order chi connectivity index (χ1) is 7.11. The maximum Gasteiger partial charge on any atom is 0.261 e. The Hall–Kier alpha value is -0.940. The van der Waals surface area contributed by atoms with Crippen LogP contribution in [0.5, 0.6) is 0 Å². The van der Waals surface area contributed by atoms with Gasteiger partial charge in [0.1, 0.15) is 0 Å². The molecule has 82 valence electrons. The van der Waals surface area contributed by atoms with Crippen LogP contribution in [0.3, 0.4) is 0 Å². The maximum absolute atomic E-state index is 11.6. The molecular weight excluding hydrogens is 228 g/mol. The number of nitrogens with two attached hydrogens (primary N) is 1. The Labute approximate surface area is 98.7 Å². The molecule has 0 unspecified atom stereocenters. The third-order valence-corrected chi connectivity index (χ3v) is 3.17. The summed E-state index contributed by atoms with van der Waals surface area (Å²) in [5.74, 6) is -0.00885. The van der Waals surface area contributed by atoms with Gasteiger partial charge >= 0.3 is 0 Å². The van der Waals surface area contributed by atoms with Crippen LogP contribution in [0, 0.1) is 6.92 Å². The van der Waals surface area contributed by atoms with Gasteiger partial charge < -0.3 is 11.1 Å². The third kappa shape index (κ3) is 3.97. The fourth-order valence-corrected chi connectivity index (χ4v) is 2.14. The minimum atomic E-state index is -0.00885. The molecule has 3 N–H and O–H groups in total. The second-order valence-electron chi connectivity index (χ2n) is 3.26. The van der Waals surface area contributed by atoms with E-state index < -0.39 is 0 Å². The molecule has 0 atom stereocenters. The van der Waals surface area contributed by atoms with Crippen LogP contribution in [0.1, 0.15) is 28.1 Å². The van der Waals surface area contributed by atoms with Gasteiger partial charge in [-0.1, -0.05) is 12.2 Å². The van der Waals surface area contributed by atoms with E-state index in [1.807, 2.05) is 18.4 Å². The average molecular weight is 242 g/mol. The highest BCUT2D eigenvalue weighted by atomic mass is 32.1. The van der Waals surface area contributed by atoms with Crippen LogP contribution in [0.15, 0.2) is 11.4 Å². The minimum Gasteiger partial charge on any atom is -0.393 e. The van der Waals surface area contributed by atoms with Crippen LogP contribution >= 0.6 is 23.6 Å². The molecule has 0 aliphatic heterocycles. The first kappa shape index (κ1) is 12.1. The van der Waals surface area contributed by atoms with Gasteiger partial charge in [0.15, 0.2) is 0 Å². The highest BCUT2D eigenvalue weighted by Crippen LogP contribution is 2.14. The van der Waals surface area contributed by atoms with Gasteiger partial charge in [0, 0.05) is 6.54 Å². The van der Waals surface area contributed by atoms with E-state index in [1.165, 1.54) is 11.3 Å². The molecule has 15 heavy (non-hydrogen) atoms. The van der Waals surface area contributed by atoms with Crippen molar-refractivity contribution in [2.75, 3.05) is 6.54 Å². The van der Waals surface area contributed by atoms with Crippen LogP contribution in [0.4, 0.5) is 0 Å². The summed E-state index contributed by atoms with van der Waals surface area (Å²) in [6.07, 6.45) is 1.48. The van der Waals surface area contributed by atoms with Crippen molar-refractivity contribution in [2.45, 2.75) is 19.8 Å². The zero-order valence-electron chi connectivity index (χ0n) is 8.58. The first-order valence-corrected chi connectivity index (χ1v) is 6.00. The minimum absolute atomic E-state index is 0.00885. The van der Waals surface area contributed by atoms with E-state index >= 15 is 0 Å². The number of hydrogen-bond acceptors (Lipinski definition) is 3. The Bertz CT molecular complexity index is 360. The van der Waals surface area contributed by atoms with Crippen LogP contribution in [-0.4, -0.2) is 17.4 Å². The topological polar surface area (TPSA) is 55.1 Å². The lowest BCUT2D eigenvalue weighted by Gasteiger charge is -2.03. The number of nitrogens with one attached hydrogen (secondary N) is 1. The molecule has 0 spiro atoms. The molecule has 5 heteroatoms. The Morgan fingerprint density at radius 2 is 2.40 bits per heavy atom. The molecule has 3 nitrogen and oxygen atoms in total. The molecule has 0 saturated heterocycles. The Morgan fingerprint density at radius 1 is 1.67 bits per heavy atom. The lowest BCUT2D eigenvalue weighted by Crippen LogP contribution is -2.25. The molecule has 0 bridgehead atoms. The van der Waals surface area contributed by atoms with Gasteiger partial charge in [0.25, 0.3) is 5.91 Å². The van der Waals surface area contributed by atoms with E-state index in [1.54, 1.807) is 0 Å². The summed E-state index contributed by atoms with van der Waals surface area (Å²) >= 11 is 6.20. The lowest BCUT2D eigenvalue weighted by atomic mass is 10.2. The average Bonchev–Trinajstić information content (AvgIpc) is 2.58. The fourth-order valence-electron chi connectivity index (χ4n) is 1.15. The quantitative estimate of drug-likeness (QED) is 0.612. The number of hydrogen-bond donors (Lipinski definition) is 2. The van der Waals surface area contributed by atoms with E-state index in [2.05, 4.69) is 5.32 Å². The Kier molecular flexibility index (Phi) is 4.71. The van der Waals surface area contributed by atoms with Gasteiger partial charge in [-0.05, 0) is 36.8 Å². The van der Waals surface area contributed by atoms with Crippen molar-refractivity contribution in [1.29, 1.82) is 0 Å². The van der Waals surface area contributed by atoms with Gasteiger partial charge in [-0.25, -0.2) is 0 Å². The Balaban J connectivity index is 2.31. The van der Waals surface area contributed by atoms with Crippen molar-refractivity contribution < 1.29 is 4.79 Å². The summed E-state index contributed by atoms with van der Waals surface area (Å²) < 4.78 is 0. The third-order valence-electron chi connectivity index (χ3n) is 1.95. The predicted octanol–water partition coefficient (Wildman–Crippen LogP) is 1.85. The van der Waals surface area contributed by atoms with Gasteiger partial charge in [0.2, 0.25) is 0 Å². The maximum atomic E-state index is 11.6. The number of carbonyl (C=O) groups excluding carboxylic acids is 1. The summed E-state index contributed by atoms with van der Waals surface area (Å²) in [5, 5.41) is 4.75. The molecule has 0 fully saturated rings. The molecule has 1 heterocycles.